The summed E-state index contributed by atoms with van der Waals surface area (Å²) in [5.74, 6) is 0.0577. The summed E-state index contributed by atoms with van der Waals surface area (Å²) in [6, 6.07) is 7.45. The normalized spacial score (nSPS) is 19.9. The quantitative estimate of drug-likeness (QED) is 0.467. The molecule has 2 rings (SSSR count). The van der Waals surface area contributed by atoms with Gasteiger partial charge >= 0.3 is 0 Å². The Balaban J connectivity index is 2.19. The number of aliphatic imine (C=N–C) groups is 1. The second kappa shape index (κ2) is 7.22. The molecule has 1 unspecified atom stereocenters. The van der Waals surface area contributed by atoms with Gasteiger partial charge < -0.3 is 5.11 Å². The number of ketones is 1. The van der Waals surface area contributed by atoms with Crippen LogP contribution in [0.2, 0.25) is 5.02 Å². The third kappa shape index (κ3) is 3.82. The highest BCUT2D eigenvalue weighted by Crippen LogP contribution is 2.33. The largest absolute Gasteiger partial charge is 0.511 e. The number of hydrogen-bond donors (Lipinski definition) is 1. The zero-order chi connectivity index (χ0) is 14.5. The smallest absolute Gasteiger partial charge is 0.168 e. The highest BCUT2D eigenvalue weighted by atomic mass is 127. The van der Waals surface area contributed by atoms with E-state index in [4.69, 9.17) is 11.6 Å². The van der Waals surface area contributed by atoms with E-state index >= 15 is 0 Å². The molecule has 1 aromatic carbocycles. The predicted molar refractivity (Wildman–Crippen MR) is 90.3 cm³/mol. The third-order valence-corrected chi connectivity index (χ3v) is 3.95. The number of carbonyl (C=O) groups excluding carboxylic acids is 1. The summed E-state index contributed by atoms with van der Waals surface area (Å²) in [5, 5.41) is 10.7. The molecule has 1 aliphatic carbocycles. The first kappa shape index (κ1) is 15.5. The molecule has 1 atom stereocenters. The number of alkyl halides is 1. The van der Waals surface area contributed by atoms with Crippen LogP contribution in [0, 0.1) is 0 Å². The van der Waals surface area contributed by atoms with Crippen LogP contribution in [0.5, 0.6) is 0 Å². The Morgan fingerprint density at radius 1 is 1.45 bits per heavy atom. The van der Waals surface area contributed by atoms with Crippen molar-refractivity contribution in [2.45, 2.75) is 18.8 Å². The number of hydrogen-bond acceptors (Lipinski definition) is 3. The predicted octanol–water partition coefficient (Wildman–Crippen LogP) is 4.10. The Hall–Kier alpha value is -0.880. The van der Waals surface area contributed by atoms with Gasteiger partial charge in [0, 0.05) is 35.1 Å². The summed E-state index contributed by atoms with van der Waals surface area (Å²) in [5.41, 5.74) is 1.34. The first-order valence-electron chi connectivity index (χ1n) is 6.38. The standard InChI is InChI=1S/C15H15ClINO2/c16-12-3-1-2-10(6-12)11-7-14(19)13(15(20)8-11)9-18-5-4-17/h1-3,6,9,11,19H,4-5,7-8H2. The van der Waals surface area contributed by atoms with Crippen LogP contribution in [0.25, 0.3) is 0 Å². The highest BCUT2D eigenvalue weighted by Gasteiger charge is 2.27. The first-order valence-corrected chi connectivity index (χ1v) is 8.28. The Morgan fingerprint density at radius 3 is 2.90 bits per heavy atom. The molecular formula is C15H15ClINO2. The second-order valence-corrected chi connectivity index (χ2v) is 6.18. The molecule has 0 radical (unpaired) electrons. The van der Waals surface area contributed by atoms with Crippen molar-refractivity contribution in [3.63, 3.8) is 0 Å². The number of aliphatic hydroxyl groups excluding tert-OH is 1. The zero-order valence-electron chi connectivity index (χ0n) is 10.9. The maximum atomic E-state index is 12.1. The molecule has 0 aromatic heterocycles. The van der Waals surface area contributed by atoms with Crippen LogP contribution >= 0.6 is 34.2 Å². The molecule has 106 valence electrons. The maximum absolute atomic E-state index is 12.1. The van der Waals surface area contributed by atoms with Crippen molar-refractivity contribution in [3.8, 4) is 0 Å². The molecule has 1 aromatic rings. The van der Waals surface area contributed by atoms with Crippen LogP contribution in [0.15, 0.2) is 40.6 Å². The second-order valence-electron chi connectivity index (χ2n) is 4.67. The SMILES string of the molecule is O=C1CC(c2cccc(Cl)c2)CC(O)=C1C=NCCI. The molecule has 0 saturated carbocycles. The van der Waals surface area contributed by atoms with E-state index in [1.165, 1.54) is 6.21 Å². The molecule has 0 aliphatic heterocycles. The lowest BCUT2D eigenvalue weighted by molar-refractivity contribution is -0.116. The Labute approximate surface area is 136 Å². The summed E-state index contributed by atoms with van der Waals surface area (Å²) >= 11 is 8.19. The average Bonchev–Trinajstić information content (AvgIpc) is 2.41. The van der Waals surface area contributed by atoms with Gasteiger partial charge in [-0.2, -0.15) is 0 Å². The molecule has 5 heteroatoms. The summed E-state index contributed by atoms with van der Waals surface area (Å²) in [4.78, 5) is 16.3. The van der Waals surface area contributed by atoms with Gasteiger partial charge in [0.05, 0.1) is 5.57 Å². The minimum absolute atomic E-state index is 0.0112. The van der Waals surface area contributed by atoms with Crippen molar-refractivity contribution in [1.82, 2.24) is 0 Å². The molecule has 0 heterocycles. The fraction of sp³-hybridized carbons (Fsp3) is 0.333. The topological polar surface area (TPSA) is 49.7 Å². The number of Topliss-reactive ketones (excluding diaryl/α,β-unsaturated/α-hetero) is 1. The van der Waals surface area contributed by atoms with E-state index in [1.54, 1.807) is 6.07 Å². The van der Waals surface area contributed by atoms with E-state index in [0.717, 1.165) is 9.99 Å². The van der Waals surface area contributed by atoms with Crippen LogP contribution in [0.4, 0.5) is 0 Å². The molecule has 0 fully saturated rings. The minimum atomic E-state index is -0.0593. The van der Waals surface area contributed by atoms with E-state index in [2.05, 4.69) is 27.6 Å². The molecule has 3 nitrogen and oxygen atoms in total. The van der Waals surface area contributed by atoms with Crippen LogP contribution in [-0.4, -0.2) is 28.1 Å². The van der Waals surface area contributed by atoms with Crippen molar-refractivity contribution in [1.29, 1.82) is 0 Å². The molecule has 20 heavy (non-hydrogen) atoms. The number of allylic oxidation sites excluding steroid dienone is 2. The zero-order valence-corrected chi connectivity index (χ0v) is 13.8. The fourth-order valence-electron chi connectivity index (χ4n) is 2.26. The monoisotopic (exact) mass is 403 g/mol. The van der Waals surface area contributed by atoms with Gasteiger partial charge in [0.25, 0.3) is 0 Å². The molecule has 1 N–H and O–H groups in total. The van der Waals surface area contributed by atoms with Crippen molar-refractivity contribution >= 4 is 46.2 Å². The van der Waals surface area contributed by atoms with E-state index in [9.17, 15) is 9.90 Å². The summed E-state index contributed by atoms with van der Waals surface area (Å²) < 4.78 is 0.891. The van der Waals surface area contributed by atoms with E-state index < -0.39 is 0 Å². The number of rotatable bonds is 4. The third-order valence-electron chi connectivity index (χ3n) is 3.24. The Morgan fingerprint density at radius 2 is 2.25 bits per heavy atom. The number of benzene rings is 1. The van der Waals surface area contributed by atoms with Crippen LogP contribution < -0.4 is 0 Å². The lowest BCUT2D eigenvalue weighted by Crippen LogP contribution is -2.19. The van der Waals surface area contributed by atoms with Crippen molar-refractivity contribution in [2.75, 3.05) is 11.0 Å². The average molecular weight is 404 g/mol. The molecular weight excluding hydrogens is 389 g/mol. The van der Waals surface area contributed by atoms with Crippen LogP contribution in [-0.2, 0) is 4.79 Å². The Bertz CT molecular complexity index is 569. The molecule has 0 spiro atoms. The van der Waals surface area contributed by atoms with Gasteiger partial charge in [-0.15, -0.1) is 0 Å². The van der Waals surface area contributed by atoms with Gasteiger partial charge in [-0.05, 0) is 23.6 Å². The van der Waals surface area contributed by atoms with E-state index in [1.807, 2.05) is 18.2 Å². The van der Waals surface area contributed by atoms with Crippen molar-refractivity contribution < 1.29 is 9.90 Å². The molecule has 1 aliphatic rings. The number of carbonyl (C=O) groups is 1. The van der Waals surface area contributed by atoms with Crippen molar-refractivity contribution in [3.05, 3.63) is 46.2 Å². The van der Waals surface area contributed by atoms with Gasteiger partial charge in [-0.25, -0.2) is 0 Å². The van der Waals surface area contributed by atoms with E-state index in [-0.39, 0.29) is 17.5 Å². The van der Waals surface area contributed by atoms with Crippen LogP contribution in [0.3, 0.4) is 0 Å². The van der Waals surface area contributed by atoms with Gasteiger partial charge in [0.2, 0.25) is 0 Å². The fourth-order valence-corrected chi connectivity index (χ4v) is 2.73. The van der Waals surface area contributed by atoms with Crippen LogP contribution in [0.1, 0.15) is 24.3 Å². The van der Waals surface area contributed by atoms with Gasteiger partial charge in [-0.1, -0.05) is 46.3 Å². The van der Waals surface area contributed by atoms with Gasteiger partial charge in [0.1, 0.15) is 5.76 Å². The minimum Gasteiger partial charge on any atom is -0.511 e. The summed E-state index contributed by atoms with van der Waals surface area (Å²) in [6.07, 6.45) is 2.35. The molecule has 0 bridgehead atoms. The Kier molecular flexibility index (Phi) is 5.60. The number of nitrogens with zero attached hydrogens (tertiary/aromatic N) is 1. The number of aliphatic hydroxyl groups is 1. The highest BCUT2D eigenvalue weighted by molar-refractivity contribution is 14.1. The summed E-state index contributed by atoms with van der Waals surface area (Å²) in [6.45, 7) is 0.655. The van der Waals surface area contributed by atoms with Gasteiger partial charge in [0.15, 0.2) is 5.78 Å². The maximum Gasteiger partial charge on any atom is 0.168 e. The van der Waals surface area contributed by atoms with E-state index in [0.29, 0.717) is 30.0 Å². The molecule has 0 amide bonds. The molecule has 0 saturated heterocycles. The summed E-state index contributed by atoms with van der Waals surface area (Å²) in [7, 11) is 0. The van der Waals surface area contributed by atoms with Gasteiger partial charge in [-0.3, -0.25) is 9.79 Å². The lowest BCUT2D eigenvalue weighted by atomic mass is 9.83. The van der Waals surface area contributed by atoms with Crippen molar-refractivity contribution in [2.24, 2.45) is 4.99 Å². The first-order chi connectivity index (χ1) is 9.61. The number of halogens is 2. The lowest BCUT2D eigenvalue weighted by Gasteiger charge is -2.22.